The van der Waals surface area contributed by atoms with E-state index in [2.05, 4.69) is 12.2 Å². The van der Waals surface area contributed by atoms with Gasteiger partial charge in [0.25, 0.3) is 0 Å². The van der Waals surface area contributed by atoms with E-state index >= 15 is 0 Å². The minimum absolute atomic E-state index is 0.175. The standard InChI is InChI=1S/C15H19NO2S/c1-11-4-9-15(18-11)12(2)16-10-13-5-7-14(8-6-13)19(3)17/h4-9,12,16H,10H2,1-3H3. The first-order chi connectivity index (χ1) is 9.06. The molecule has 0 saturated heterocycles. The largest absolute Gasteiger partial charge is 0.465 e. The molecule has 19 heavy (non-hydrogen) atoms. The topological polar surface area (TPSA) is 42.2 Å². The van der Waals surface area contributed by atoms with E-state index < -0.39 is 10.8 Å². The zero-order chi connectivity index (χ0) is 13.8. The van der Waals surface area contributed by atoms with Gasteiger partial charge in [0.2, 0.25) is 0 Å². The minimum atomic E-state index is -0.912. The third-order valence-corrected chi connectivity index (χ3v) is 3.99. The Hall–Kier alpha value is -1.39. The van der Waals surface area contributed by atoms with Crippen molar-refractivity contribution in [1.82, 2.24) is 5.32 Å². The lowest BCUT2D eigenvalue weighted by atomic mass is 10.2. The quantitative estimate of drug-likeness (QED) is 0.912. The third-order valence-electron chi connectivity index (χ3n) is 3.06. The Morgan fingerprint density at radius 1 is 1.21 bits per heavy atom. The number of hydrogen-bond acceptors (Lipinski definition) is 3. The Morgan fingerprint density at radius 3 is 2.42 bits per heavy atom. The van der Waals surface area contributed by atoms with Gasteiger partial charge >= 0.3 is 0 Å². The van der Waals surface area contributed by atoms with Crippen LogP contribution in [0.25, 0.3) is 0 Å². The maximum absolute atomic E-state index is 11.3. The molecule has 1 heterocycles. The molecule has 2 aromatic rings. The molecule has 0 aliphatic carbocycles. The summed E-state index contributed by atoms with van der Waals surface area (Å²) in [6.07, 6.45) is 1.69. The van der Waals surface area contributed by atoms with E-state index in [1.807, 2.05) is 43.3 Å². The van der Waals surface area contributed by atoms with E-state index in [-0.39, 0.29) is 6.04 Å². The molecule has 1 aromatic carbocycles. The van der Waals surface area contributed by atoms with Crippen LogP contribution in [0.4, 0.5) is 0 Å². The van der Waals surface area contributed by atoms with Crippen LogP contribution >= 0.6 is 0 Å². The number of benzene rings is 1. The van der Waals surface area contributed by atoms with Crippen molar-refractivity contribution in [2.45, 2.75) is 31.3 Å². The molecular weight excluding hydrogens is 258 g/mol. The second-order valence-electron chi connectivity index (χ2n) is 4.65. The predicted octanol–water partition coefficient (Wildman–Crippen LogP) is 3.18. The van der Waals surface area contributed by atoms with Crippen molar-refractivity contribution in [3.8, 4) is 0 Å². The highest BCUT2D eigenvalue weighted by molar-refractivity contribution is 7.84. The summed E-state index contributed by atoms with van der Waals surface area (Å²) in [5.41, 5.74) is 1.17. The third kappa shape index (κ3) is 3.78. The monoisotopic (exact) mass is 277 g/mol. The van der Waals surface area contributed by atoms with Crippen LogP contribution in [-0.4, -0.2) is 10.5 Å². The van der Waals surface area contributed by atoms with Crippen LogP contribution in [0.5, 0.6) is 0 Å². The second kappa shape index (κ2) is 6.17. The predicted molar refractivity (Wildman–Crippen MR) is 77.5 cm³/mol. The van der Waals surface area contributed by atoms with Crippen molar-refractivity contribution in [2.24, 2.45) is 0 Å². The van der Waals surface area contributed by atoms with Gasteiger partial charge < -0.3 is 9.73 Å². The summed E-state index contributed by atoms with van der Waals surface area (Å²) >= 11 is 0. The second-order valence-corrected chi connectivity index (χ2v) is 6.03. The summed E-state index contributed by atoms with van der Waals surface area (Å²) in [5, 5.41) is 3.41. The van der Waals surface area contributed by atoms with Gasteiger partial charge in [0, 0.05) is 28.5 Å². The molecule has 0 bridgehead atoms. The van der Waals surface area contributed by atoms with E-state index in [1.54, 1.807) is 6.26 Å². The van der Waals surface area contributed by atoms with Crippen molar-refractivity contribution in [3.63, 3.8) is 0 Å². The Bertz CT molecular complexity index is 560. The molecule has 0 amide bonds. The molecule has 0 aliphatic heterocycles. The van der Waals surface area contributed by atoms with Crippen LogP contribution < -0.4 is 5.32 Å². The zero-order valence-corrected chi connectivity index (χ0v) is 12.3. The Morgan fingerprint density at radius 2 is 1.89 bits per heavy atom. The highest BCUT2D eigenvalue weighted by Gasteiger charge is 2.08. The number of furan rings is 1. The Labute approximate surface area is 116 Å². The summed E-state index contributed by atoms with van der Waals surface area (Å²) < 4.78 is 16.9. The van der Waals surface area contributed by atoms with Gasteiger partial charge in [-0.2, -0.15) is 0 Å². The lowest BCUT2D eigenvalue weighted by Crippen LogP contribution is -2.17. The van der Waals surface area contributed by atoms with E-state index in [4.69, 9.17) is 4.42 Å². The fourth-order valence-corrected chi connectivity index (χ4v) is 2.38. The van der Waals surface area contributed by atoms with Gasteiger partial charge in [-0.3, -0.25) is 4.21 Å². The van der Waals surface area contributed by atoms with Gasteiger partial charge in [0.1, 0.15) is 11.5 Å². The Kier molecular flexibility index (Phi) is 4.56. The summed E-state index contributed by atoms with van der Waals surface area (Å²) in [6, 6.07) is 12.0. The van der Waals surface area contributed by atoms with E-state index in [0.29, 0.717) is 0 Å². The molecule has 4 heteroatoms. The molecule has 2 atom stereocenters. The van der Waals surface area contributed by atoms with Gasteiger partial charge in [-0.1, -0.05) is 12.1 Å². The lowest BCUT2D eigenvalue weighted by Gasteiger charge is -2.11. The molecule has 0 fully saturated rings. The van der Waals surface area contributed by atoms with Crippen molar-refractivity contribution in [1.29, 1.82) is 0 Å². The van der Waals surface area contributed by atoms with Crippen LogP contribution in [0.3, 0.4) is 0 Å². The first-order valence-corrected chi connectivity index (χ1v) is 7.84. The van der Waals surface area contributed by atoms with E-state index in [0.717, 1.165) is 23.0 Å². The van der Waals surface area contributed by atoms with Crippen molar-refractivity contribution in [2.75, 3.05) is 6.26 Å². The molecule has 0 spiro atoms. The van der Waals surface area contributed by atoms with E-state index in [1.165, 1.54) is 5.56 Å². The lowest BCUT2D eigenvalue weighted by molar-refractivity contribution is 0.416. The van der Waals surface area contributed by atoms with Gasteiger partial charge in [-0.25, -0.2) is 0 Å². The van der Waals surface area contributed by atoms with Crippen LogP contribution in [0.1, 0.15) is 30.0 Å². The van der Waals surface area contributed by atoms with Crippen molar-refractivity contribution >= 4 is 10.8 Å². The maximum Gasteiger partial charge on any atom is 0.120 e. The summed E-state index contributed by atoms with van der Waals surface area (Å²) in [6.45, 7) is 4.78. The molecule has 1 N–H and O–H groups in total. The summed E-state index contributed by atoms with van der Waals surface area (Å²) in [4.78, 5) is 0.860. The normalized spacial score (nSPS) is 14.3. The van der Waals surface area contributed by atoms with Gasteiger partial charge in [-0.15, -0.1) is 0 Å². The maximum atomic E-state index is 11.3. The summed E-state index contributed by atoms with van der Waals surface area (Å²) in [5.74, 6) is 1.88. The molecule has 3 nitrogen and oxygen atoms in total. The number of nitrogens with one attached hydrogen (secondary N) is 1. The smallest absolute Gasteiger partial charge is 0.120 e. The fourth-order valence-electron chi connectivity index (χ4n) is 1.86. The van der Waals surface area contributed by atoms with Gasteiger partial charge in [0.15, 0.2) is 0 Å². The Balaban J connectivity index is 1.93. The first kappa shape index (κ1) is 14.0. The SMILES string of the molecule is Cc1ccc(C(C)NCc2ccc(S(C)=O)cc2)o1. The molecule has 1 aromatic heterocycles. The average molecular weight is 277 g/mol. The first-order valence-electron chi connectivity index (χ1n) is 6.28. The van der Waals surface area contributed by atoms with Crippen LogP contribution in [0.15, 0.2) is 45.7 Å². The minimum Gasteiger partial charge on any atom is -0.465 e. The summed E-state index contributed by atoms with van der Waals surface area (Å²) in [7, 11) is -0.912. The van der Waals surface area contributed by atoms with E-state index in [9.17, 15) is 4.21 Å². The highest BCUT2D eigenvalue weighted by Crippen LogP contribution is 2.16. The number of hydrogen-bond donors (Lipinski definition) is 1. The molecule has 2 rings (SSSR count). The van der Waals surface area contributed by atoms with Crippen LogP contribution in [-0.2, 0) is 17.3 Å². The molecule has 102 valence electrons. The van der Waals surface area contributed by atoms with Crippen molar-refractivity contribution < 1.29 is 8.63 Å². The van der Waals surface area contributed by atoms with Gasteiger partial charge in [0.05, 0.1) is 6.04 Å². The zero-order valence-electron chi connectivity index (χ0n) is 11.5. The van der Waals surface area contributed by atoms with Crippen LogP contribution in [0, 0.1) is 6.92 Å². The van der Waals surface area contributed by atoms with Gasteiger partial charge in [-0.05, 0) is 43.7 Å². The molecule has 0 aliphatic rings. The van der Waals surface area contributed by atoms with Crippen LogP contribution in [0.2, 0.25) is 0 Å². The molecule has 2 unspecified atom stereocenters. The molecule has 0 radical (unpaired) electrons. The molecular formula is C15H19NO2S. The molecule has 0 saturated carbocycles. The fraction of sp³-hybridized carbons (Fsp3) is 0.333. The number of aryl methyl sites for hydroxylation is 1. The average Bonchev–Trinajstić information content (AvgIpc) is 2.83. The number of rotatable bonds is 5. The van der Waals surface area contributed by atoms with Crippen molar-refractivity contribution in [3.05, 3.63) is 53.5 Å². The highest BCUT2D eigenvalue weighted by atomic mass is 32.2.